The molecule has 0 fully saturated rings. The standard InChI is InChI=1S/C14H13F3N2O3/c1-22-7-6-12(20)11(8-18)13(21)19-10-4-2-9(3-5-10)14(15,16)17/h2-5,20H,6-7H2,1H3,(H,19,21)/b12-11-. The molecule has 0 atom stereocenters. The van der Waals surface area contributed by atoms with Gasteiger partial charge in [-0.3, -0.25) is 4.79 Å². The van der Waals surface area contributed by atoms with E-state index in [4.69, 9.17) is 10.00 Å². The predicted octanol–water partition coefficient (Wildman–Crippen LogP) is 3.02. The number of nitrogens with zero attached hydrogens (tertiary/aromatic N) is 1. The Balaban J connectivity index is 2.85. The normalized spacial score (nSPS) is 12.3. The lowest BCUT2D eigenvalue weighted by molar-refractivity contribution is -0.137. The molecule has 0 aliphatic heterocycles. The van der Waals surface area contributed by atoms with Crippen molar-refractivity contribution >= 4 is 11.6 Å². The van der Waals surface area contributed by atoms with Gasteiger partial charge in [0.05, 0.1) is 12.2 Å². The van der Waals surface area contributed by atoms with Crippen molar-refractivity contribution in [1.82, 2.24) is 0 Å². The van der Waals surface area contributed by atoms with Gasteiger partial charge in [-0.15, -0.1) is 0 Å². The maximum Gasteiger partial charge on any atom is 0.416 e. The highest BCUT2D eigenvalue weighted by atomic mass is 19.4. The molecular formula is C14H13F3N2O3. The van der Waals surface area contributed by atoms with Crippen LogP contribution in [-0.2, 0) is 15.7 Å². The highest BCUT2D eigenvalue weighted by Gasteiger charge is 2.30. The number of methoxy groups -OCH3 is 1. The number of benzene rings is 1. The molecule has 0 unspecified atom stereocenters. The average molecular weight is 314 g/mol. The van der Waals surface area contributed by atoms with E-state index in [1.54, 1.807) is 6.07 Å². The number of aliphatic hydroxyl groups is 1. The predicted molar refractivity (Wildman–Crippen MR) is 71.8 cm³/mol. The van der Waals surface area contributed by atoms with Crippen molar-refractivity contribution in [2.45, 2.75) is 12.6 Å². The zero-order chi connectivity index (χ0) is 16.8. The summed E-state index contributed by atoms with van der Waals surface area (Å²) in [6, 6.07) is 5.27. The third-order valence-corrected chi connectivity index (χ3v) is 2.64. The third kappa shape index (κ3) is 4.79. The van der Waals surface area contributed by atoms with Crippen LogP contribution in [0.1, 0.15) is 12.0 Å². The summed E-state index contributed by atoms with van der Waals surface area (Å²) in [6.07, 6.45) is -4.50. The van der Waals surface area contributed by atoms with E-state index in [-0.39, 0.29) is 18.7 Å². The summed E-state index contributed by atoms with van der Waals surface area (Å²) >= 11 is 0. The number of alkyl halides is 3. The number of hydrogen-bond donors (Lipinski definition) is 2. The van der Waals surface area contributed by atoms with E-state index >= 15 is 0 Å². The van der Waals surface area contributed by atoms with Crippen molar-refractivity contribution in [3.63, 3.8) is 0 Å². The van der Waals surface area contributed by atoms with Crippen molar-refractivity contribution < 1.29 is 27.8 Å². The monoisotopic (exact) mass is 314 g/mol. The number of anilines is 1. The lowest BCUT2D eigenvalue weighted by atomic mass is 10.1. The number of carbonyl (C=O) groups is 1. The molecule has 22 heavy (non-hydrogen) atoms. The first-order valence-electron chi connectivity index (χ1n) is 6.09. The fourth-order valence-electron chi connectivity index (χ4n) is 1.51. The van der Waals surface area contributed by atoms with E-state index in [0.29, 0.717) is 0 Å². The maximum absolute atomic E-state index is 12.4. The second-order valence-electron chi connectivity index (χ2n) is 4.21. The number of nitriles is 1. The molecule has 1 rings (SSSR count). The van der Waals surface area contributed by atoms with Crippen molar-refractivity contribution in [2.24, 2.45) is 0 Å². The number of aliphatic hydroxyl groups excluding tert-OH is 1. The second kappa shape index (κ2) is 7.47. The quantitative estimate of drug-likeness (QED) is 0.497. The molecule has 0 aliphatic carbocycles. The van der Waals surface area contributed by atoms with Crippen LogP contribution in [0.4, 0.5) is 18.9 Å². The highest BCUT2D eigenvalue weighted by molar-refractivity contribution is 6.06. The third-order valence-electron chi connectivity index (χ3n) is 2.64. The summed E-state index contributed by atoms with van der Waals surface area (Å²) in [5.41, 5.74) is -1.30. The molecule has 0 heterocycles. The molecule has 118 valence electrons. The van der Waals surface area contributed by atoms with Gasteiger partial charge in [0.1, 0.15) is 11.8 Å². The summed E-state index contributed by atoms with van der Waals surface area (Å²) in [4.78, 5) is 11.8. The van der Waals surface area contributed by atoms with Gasteiger partial charge in [-0.05, 0) is 24.3 Å². The van der Waals surface area contributed by atoms with Crippen LogP contribution in [0, 0.1) is 11.3 Å². The molecule has 1 amide bonds. The molecule has 8 heteroatoms. The smallest absolute Gasteiger partial charge is 0.416 e. The lowest BCUT2D eigenvalue weighted by Gasteiger charge is -2.09. The van der Waals surface area contributed by atoms with Crippen LogP contribution < -0.4 is 5.32 Å². The van der Waals surface area contributed by atoms with Crippen LogP contribution >= 0.6 is 0 Å². The van der Waals surface area contributed by atoms with Crippen LogP contribution in [0.2, 0.25) is 0 Å². The first kappa shape index (κ1) is 17.5. The second-order valence-corrected chi connectivity index (χ2v) is 4.21. The minimum atomic E-state index is -4.47. The molecule has 0 radical (unpaired) electrons. The lowest BCUT2D eigenvalue weighted by Crippen LogP contribution is -2.16. The Hall–Kier alpha value is -2.53. The molecular weight excluding hydrogens is 301 g/mol. The minimum absolute atomic E-state index is 0.0280. The Bertz CT molecular complexity index is 601. The Morgan fingerprint density at radius 3 is 2.41 bits per heavy atom. The van der Waals surface area contributed by atoms with E-state index in [1.165, 1.54) is 7.11 Å². The van der Waals surface area contributed by atoms with Gasteiger partial charge >= 0.3 is 6.18 Å². The van der Waals surface area contributed by atoms with E-state index < -0.39 is 29.0 Å². The van der Waals surface area contributed by atoms with Crippen molar-refractivity contribution in [3.8, 4) is 6.07 Å². The number of nitrogens with one attached hydrogen (secondary N) is 1. The van der Waals surface area contributed by atoms with Crippen LogP contribution in [0.15, 0.2) is 35.6 Å². The Morgan fingerprint density at radius 1 is 1.36 bits per heavy atom. The number of rotatable bonds is 5. The summed E-state index contributed by atoms with van der Waals surface area (Å²) in [5.74, 6) is -1.36. The van der Waals surface area contributed by atoms with E-state index in [2.05, 4.69) is 5.32 Å². The first-order chi connectivity index (χ1) is 10.3. The van der Waals surface area contributed by atoms with Gasteiger partial charge in [0.25, 0.3) is 5.91 Å². The van der Waals surface area contributed by atoms with Gasteiger partial charge in [0, 0.05) is 19.2 Å². The van der Waals surface area contributed by atoms with Gasteiger partial charge in [0.15, 0.2) is 5.57 Å². The number of amides is 1. The van der Waals surface area contributed by atoms with E-state index in [1.807, 2.05) is 0 Å². The highest BCUT2D eigenvalue weighted by Crippen LogP contribution is 2.29. The molecule has 0 spiro atoms. The van der Waals surface area contributed by atoms with Crippen molar-refractivity contribution in [3.05, 3.63) is 41.2 Å². The summed E-state index contributed by atoms with van der Waals surface area (Å²) < 4.78 is 41.9. The molecule has 2 N–H and O–H groups in total. The van der Waals surface area contributed by atoms with Gasteiger partial charge in [-0.2, -0.15) is 18.4 Å². The number of hydrogen-bond acceptors (Lipinski definition) is 4. The fourth-order valence-corrected chi connectivity index (χ4v) is 1.51. The molecule has 0 aromatic heterocycles. The largest absolute Gasteiger partial charge is 0.511 e. The molecule has 1 aromatic rings. The molecule has 0 aliphatic rings. The van der Waals surface area contributed by atoms with Gasteiger partial charge in [0.2, 0.25) is 0 Å². The van der Waals surface area contributed by atoms with Crippen molar-refractivity contribution in [1.29, 1.82) is 5.26 Å². The number of carbonyl (C=O) groups excluding carboxylic acids is 1. The molecule has 1 aromatic carbocycles. The Kier molecular flexibility index (Phi) is 5.95. The molecule has 0 saturated carbocycles. The Morgan fingerprint density at radius 2 is 1.95 bits per heavy atom. The number of ether oxygens (including phenoxy) is 1. The average Bonchev–Trinajstić information content (AvgIpc) is 2.45. The zero-order valence-corrected chi connectivity index (χ0v) is 11.6. The SMILES string of the molecule is COCC/C(O)=C(\C#N)C(=O)Nc1ccc(C(F)(F)F)cc1. The maximum atomic E-state index is 12.4. The van der Waals surface area contributed by atoms with Gasteiger partial charge < -0.3 is 15.2 Å². The summed E-state index contributed by atoms with van der Waals surface area (Å²) in [6.45, 7) is 0.116. The zero-order valence-electron chi connectivity index (χ0n) is 11.6. The van der Waals surface area contributed by atoms with E-state index in [0.717, 1.165) is 24.3 Å². The van der Waals surface area contributed by atoms with Crippen LogP contribution in [0.5, 0.6) is 0 Å². The van der Waals surface area contributed by atoms with Crippen LogP contribution in [-0.4, -0.2) is 24.7 Å². The van der Waals surface area contributed by atoms with E-state index in [9.17, 15) is 23.1 Å². The molecule has 5 nitrogen and oxygen atoms in total. The molecule has 0 bridgehead atoms. The fraction of sp³-hybridized carbons (Fsp3) is 0.286. The number of halogens is 3. The van der Waals surface area contributed by atoms with Crippen molar-refractivity contribution in [2.75, 3.05) is 19.0 Å². The van der Waals surface area contributed by atoms with Crippen LogP contribution in [0.25, 0.3) is 0 Å². The summed E-state index contributed by atoms with van der Waals surface area (Å²) in [5, 5.41) is 20.7. The van der Waals surface area contributed by atoms with Gasteiger partial charge in [-0.1, -0.05) is 0 Å². The topological polar surface area (TPSA) is 82.3 Å². The molecule has 0 saturated heterocycles. The van der Waals surface area contributed by atoms with Crippen LogP contribution in [0.3, 0.4) is 0 Å². The van der Waals surface area contributed by atoms with Gasteiger partial charge in [-0.25, -0.2) is 0 Å². The first-order valence-corrected chi connectivity index (χ1v) is 6.09. The Labute approximate surface area is 124 Å². The summed E-state index contributed by atoms with van der Waals surface area (Å²) in [7, 11) is 1.39. The minimum Gasteiger partial charge on any atom is -0.511 e.